The molecule has 3 rings (SSSR count). The Morgan fingerprint density at radius 2 is 1.25 bits per heavy atom. The number of carboxylic acids is 3. The van der Waals surface area contributed by atoms with Gasteiger partial charge in [0.2, 0.25) is 11.8 Å². The molecule has 1 heterocycles. The van der Waals surface area contributed by atoms with E-state index in [4.69, 9.17) is 14.2 Å². The van der Waals surface area contributed by atoms with Gasteiger partial charge in [0, 0.05) is 6.42 Å². The minimum absolute atomic E-state index is 0.127. The van der Waals surface area contributed by atoms with E-state index >= 15 is 0 Å². The highest BCUT2D eigenvalue weighted by Crippen LogP contribution is 2.26. The van der Waals surface area contributed by atoms with Crippen LogP contribution in [0.5, 0.6) is 0 Å². The van der Waals surface area contributed by atoms with E-state index in [1.54, 1.807) is 60.7 Å². The number of hydrogen-bond donors (Lipinski definition) is 7. The van der Waals surface area contributed by atoms with Crippen molar-refractivity contribution in [2.24, 2.45) is 5.92 Å². The molecule has 20 heteroatoms. The van der Waals surface area contributed by atoms with E-state index in [0.717, 1.165) is 0 Å². The zero-order valence-corrected chi connectivity index (χ0v) is 29.7. The molecule has 0 bridgehead atoms. The van der Waals surface area contributed by atoms with Crippen molar-refractivity contribution in [3.05, 3.63) is 71.8 Å². The SMILES string of the molecule is CC(C)[C@H](NC(=O)C(CCC(=O)O)NC(=O)[C@H](CC(=O)O)NC(=O)OCc1ccccc1)C(=O)NN(CC(=O)O)C(=O)[C@H]1O[C@@H]1C(=O)OCc1ccccc1. The summed E-state index contributed by atoms with van der Waals surface area (Å²) in [6, 6.07) is 12.0. The number of carboxylic acid groups (broad SMARTS) is 3. The average Bonchev–Trinajstić information content (AvgIpc) is 3.94. The average molecular weight is 772 g/mol. The molecule has 0 radical (unpaired) electrons. The Bertz CT molecular complexity index is 1720. The van der Waals surface area contributed by atoms with Crippen LogP contribution in [-0.2, 0) is 65.8 Å². The molecule has 1 fully saturated rings. The highest BCUT2D eigenvalue weighted by molar-refractivity contribution is 5.97. The van der Waals surface area contributed by atoms with Gasteiger partial charge in [0.05, 0.1) is 6.42 Å². The molecule has 2 aromatic rings. The fourth-order valence-electron chi connectivity index (χ4n) is 4.84. The smallest absolute Gasteiger partial charge is 0.408 e. The number of benzene rings is 2. The lowest BCUT2D eigenvalue weighted by Gasteiger charge is -2.28. The normalized spacial score (nSPS) is 15.9. The lowest BCUT2D eigenvalue weighted by Crippen LogP contribution is -2.60. The number of amides is 5. The van der Waals surface area contributed by atoms with Crippen LogP contribution < -0.4 is 21.4 Å². The van der Waals surface area contributed by atoms with E-state index in [2.05, 4.69) is 21.4 Å². The summed E-state index contributed by atoms with van der Waals surface area (Å²) >= 11 is 0. The first-order valence-corrected chi connectivity index (χ1v) is 16.8. The second-order valence-corrected chi connectivity index (χ2v) is 12.4. The van der Waals surface area contributed by atoms with Gasteiger partial charge in [-0.1, -0.05) is 74.5 Å². The number of nitrogens with zero attached hydrogens (tertiary/aromatic N) is 1. The van der Waals surface area contributed by atoms with Crippen LogP contribution in [0.3, 0.4) is 0 Å². The monoisotopic (exact) mass is 771 g/mol. The molecule has 0 aromatic heterocycles. The van der Waals surface area contributed by atoms with Crippen molar-refractivity contribution < 1.29 is 72.7 Å². The molecule has 5 amide bonds. The van der Waals surface area contributed by atoms with E-state index in [-0.39, 0.29) is 13.2 Å². The highest BCUT2D eigenvalue weighted by atomic mass is 16.6. The largest absolute Gasteiger partial charge is 0.481 e. The molecule has 0 aliphatic carbocycles. The molecule has 1 saturated heterocycles. The van der Waals surface area contributed by atoms with Crippen molar-refractivity contribution in [3.8, 4) is 0 Å². The lowest BCUT2D eigenvalue weighted by molar-refractivity contribution is -0.151. The van der Waals surface area contributed by atoms with Crippen LogP contribution in [0.25, 0.3) is 0 Å². The van der Waals surface area contributed by atoms with Gasteiger partial charge in [-0.3, -0.25) is 39.0 Å². The first-order valence-electron chi connectivity index (χ1n) is 16.8. The quantitative estimate of drug-likeness (QED) is 0.0517. The summed E-state index contributed by atoms with van der Waals surface area (Å²) in [5.74, 6) is -10.7. The maximum absolute atomic E-state index is 13.5. The Kier molecular flexibility index (Phi) is 16.1. The standard InChI is InChI=1S/C35H41N5O15/c1-19(2)27(32(49)39-40(16-26(45)46)33(50)28-29(55-28)34(51)53-17-20-9-5-3-6-10-20)38-30(47)22(13-14-24(41)42)36-31(48)23(15-25(43)44)37-35(52)54-18-21-11-7-4-8-12-21/h3-12,19,22-23,27-29H,13-18H2,1-2H3,(H,36,48)(H,37,52)(H,38,47)(H,39,49)(H,41,42)(H,43,44)(H,45,46)/t22?,23-,27-,28-,29-/m0/s1. The van der Waals surface area contributed by atoms with Gasteiger partial charge in [-0.05, 0) is 23.5 Å². The molecular weight excluding hydrogens is 730 g/mol. The third-order valence-corrected chi connectivity index (χ3v) is 7.72. The number of carbonyl (C=O) groups excluding carboxylic acids is 6. The topological polar surface area (TPSA) is 297 Å². The van der Waals surface area contributed by atoms with E-state index in [9.17, 15) is 58.5 Å². The van der Waals surface area contributed by atoms with E-state index in [1.807, 2.05) is 0 Å². The summed E-state index contributed by atoms with van der Waals surface area (Å²) in [5.41, 5.74) is 3.34. The van der Waals surface area contributed by atoms with Gasteiger partial charge in [0.25, 0.3) is 11.8 Å². The van der Waals surface area contributed by atoms with Gasteiger partial charge < -0.3 is 45.5 Å². The summed E-state index contributed by atoms with van der Waals surface area (Å²) in [7, 11) is 0. The van der Waals surface area contributed by atoms with Gasteiger partial charge in [-0.25, -0.2) is 14.6 Å². The number of hydrogen-bond acceptors (Lipinski definition) is 12. The number of nitrogens with one attached hydrogen (secondary N) is 4. The molecule has 55 heavy (non-hydrogen) atoms. The number of ether oxygens (including phenoxy) is 3. The van der Waals surface area contributed by atoms with Crippen LogP contribution in [0.4, 0.5) is 4.79 Å². The maximum atomic E-state index is 13.5. The third-order valence-electron chi connectivity index (χ3n) is 7.72. The van der Waals surface area contributed by atoms with Crippen LogP contribution in [0, 0.1) is 5.92 Å². The second-order valence-electron chi connectivity index (χ2n) is 12.4. The molecule has 2 aromatic carbocycles. The van der Waals surface area contributed by atoms with E-state index in [1.165, 1.54) is 13.8 Å². The molecule has 20 nitrogen and oxygen atoms in total. The number of alkyl carbamates (subject to hydrolysis) is 1. The number of aliphatic carboxylic acids is 3. The zero-order valence-electron chi connectivity index (χ0n) is 29.7. The summed E-state index contributed by atoms with van der Waals surface area (Å²) in [5, 5.41) is 35.0. The van der Waals surface area contributed by atoms with Gasteiger partial charge in [0.15, 0.2) is 12.2 Å². The van der Waals surface area contributed by atoms with Crippen molar-refractivity contribution in [1.29, 1.82) is 0 Å². The van der Waals surface area contributed by atoms with Gasteiger partial charge in [-0.15, -0.1) is 0 Å². The van der Waals surface area contributed by atoms with Gasteiger partial charge in [0.1, 0.15) is 37.9 Å². The van der Waals surface area contributed by atoms with Crippen molar-refractivity contribution in [2.75, 3.05) is 6.54 Å². The second kappa shape index (κ2) is 20.6. The van der Waals surface area contributed by atoms with Crippen LogP contribution >= 0.6 is 0 Å². The van der Waals surface area contributed by atoms with Crippen molar-refractivity contribution in [2.45, 2.75) is 76.7 Å². The fourth-order valence-corrected chi connectivity index (χ4v) is 4.84. The Morgan fingerprint density at radius 1 is 0.691 bits per heavy atom. The summed E-state index contributed by atoms with van der Waals surface area (Å²) in [6.07, 6.45) is -6.23. The fraction of sp³-hybridized carbons (Fsp3) is 0.400. The molecule has 1 aliphatic heterocycles. The number of rotatable bonds is 20. The number of esters is 1. The van der Waals surface area contributed by atoms with Crippen LogP contribution in [0.1, 0.15) is 44.2 Å². The molecule has 7 N–H and O–H groups in total. The Balaban J connectivity index is 1.68. The lowest BCUT2D eigenvalue weighted by atomic mass is 10.0. The summed E-state index contributed by atoms with van der Waals surface area (Å²) in [6.45, 7) is 1.50. The predicted octanol–water partition coefficient (Wildman–Crippen LogP) is -0.298. The first kappa shape index (κ1) is 42.8. The van der Waals surface area contributed by atoms with Crippen LogP contribution in [0.15, 0.2) is 60.7 Å². The molecule has 1 aliphatic rings. The maximum Gasteiger partial charge on any atom is 0.408 e. The first-order chi connectivity index (χ1) is 26.0. The molecule has 0 saturated carbocycles. The van der Waals surface area contributed by atoms with E-state index in [0.29, 0.717) is 16.1 Å². The minimum atomic E-state index is -1.79. The molecule has 296 valence electrons. The van der Waals surface area contributed by atoms with Gasteiger partial charge in [-0.2, -0.15) is 0 Å². The predicted molar refractivity (Wildman–Crippen MR) is 184 cm³/mol. The van der Waals surface area contributed by atoms with Crippen molar-refractivity contribution in [3.63, 3.8) is 0 Å². The zero-order chi connectivity index (χ0) is 40.7. The summed E-state index contributed by atoms with van der Waals surface area (Å²) in [4.78, 5) is 113. The Morgan fingerprint density at radius 3 is 1.78 bits per heavy atom. The van der Waals surface area contributed by atoms with E-state index < -0.39 is 116 Å². The molecule has 1 unspecified atom stereocenters. The van der Waals surface area contributed by atoms with Crippen LogP contribution in [-0.4, -0.2) is 111 Å². The molecule has 0 spiro atoms. The Labute approximate surface area is 313 Å². The molecular formula is C35H41N5O15. The minimum Gasteiger partial charge on any atom is -0.481 e. The number of hydrazine groups is 1. The van der Waals surface area contributed by atoms with Gasteiger partial charge >= 0.3 is 30.0 Å². The summed E-state index contributed by atoms with van der Waals surface area (Å²) < 4.78 is 15.3. The number of epoxide rings is 1. The van der Waals surface area contributed by atoms with Crippen LogP contribution in [0.2, 0.25) is 0 Å². The number of carbonyl (C=O) groups is 9. The highest BCUT2D eigenvalue weighted by Gasteiger charge is 2.54. The Hall–Kier alpha value is -6.57. The van der Waals surface area contributed by atoms with Crippen molar-refractivity contribution >= 4 is 53.6 Å². The molecule has 5 atom stereocenters. The third kappa shape index (κ3) is 14.4. The van der Waals surface area contributed by atoms with Crippen molar-refractivity contribution in [1.82, 2.24) is 26.4 Å².